The molecule has 0 aromatic carbocycles. The normalized spacial score (nSPS) is 33.9. The third-order valence-electron chi connectivity index (χ3n) is 6.03. The van der Waals surface area contributed by atoms with E-state index in [4.69, 9.17) is 9.78 Å². The molecule has 0 radical (unpaired) electrons. The summed E-state index contributed by atoms with van der Waals surface area (Å²) in [5, 5.41) is 0. The molecule has 134 valence electrons. The second kappa shape index (κ2) is 9.17. The van der Waals surface area contributed by atoms with Gasteiger partial charge in [0.15, 0.2) is 0 Å². The summed E-state index contributed by atoms with van der Waals surface area (Å²) in [6.45, 7) is 6.37. The Hall–Kier alpha value is -0.410. The molecule has 0 amide bonds. The molecule has 1 aliphatic carbocycles. The van der Waals surface area contributed by atoms with Crippen molar-refractivity contribution in [3.63, 3.8) is 0 Å². The highest BCUT2D eigenvalue weighted by atomic mass is 17.2. The van der Waals surface area contributed by atoms with Gasteiger partial charge in [-0.3, -0.25) is 4.79 Å². The Labute approximate surface area is 142 Å². The number of ketones is 1. The maximum atomic E-state index is 12.1. The lowest BCUT2D eigenvalue weighted by Crippen LogP contribution is -2.52. The molecule has 1 heterocycles. The van der Waals surface area contributed by atoms with E-state index in [2.05, 4.69) is 13.8 Å². The molecule has 1 saturated carbocycles. The summed E-state index contributed by atoms with van der Waals surface area (Å²) in [6, 6.07) is 0. The molecule has 0 spiro atoms. The SMILES string of the molecule is CCCCCCCCCCC[C@]1(C)OO[C@@H]2CC1CC(=O)[C@@H]2C. The predicted octanol–water partition coefficient (Wildman–Crippen LogP) is 5.61. The summed E-state index contributed by atoms with van der Waals surface area (Å²) in [5.74, 6) is 0.704. The summed E-state index contributed by atoms with van der Waals surface area (Å²) < 4.78 is 0. The molecule has 0 aromatic heterocycles. The first-order chi connectivity index (χ1) is 11.1. The smallest absolute Gasteiger partial charge is 0.138 e. The minimum absolute atomic E-state index is 0.00325. The number of fused-ring (bicyclic) bond motifs is 2. The Morgan fingerprint density at radius 1 is 1.04 bits per heavy atom. The van der Waals surface area contributed by atoms with Crippen LogP contribution in [0.2, 0.25) is 0 Å². The fourth-order valence-corrected chi connectivity index (χ4v) is 4.06. The van der Waals surface area contributed by atoms with Gasteiger partial charge in [0, 0.05) is 18.3 Å². The van der Waals surface area contributed by atoms with E-state index in [0.29, 0.717) is 18.1 Å². The van der Waals surface area contributed by atoms with Gasteiger partial charge in [0.05, 0.1) is 0 Å². The van der Waals surface area contributed by atoms with Crippen LogP contribution in [0.5, 0.6) is 0 Å². The molecular formula is C20H36O3. The quantitative estimate of drug-likeness (QED) is 0.387. The van der Waals surface area contributed by atoms with Crippen LogP contribution in [0, 0.1) is 11.8 Å². The Morgan fingerprint density at radius 3 is 2.30 bits per heavy atom. The fourth-order valence-electron chi connectivity index (χ4n) is 4.06. The van der Waals surface area contributed by atoms with Crippen molar-refractivity contribution in [1.29, 1.82) is 0 Å². The van der Waals surface area contributed by atoms with E-state index in [1.165, 1.54) is 57.8 Å². The van der Waals surface area contributed by atoms with Crippen LogP contribution in [0.15, 0.2) is 0 Å². The molecule has 2 rings (SSSR count). The molecule has 0 aromatic rings. The monoisotopic (exact) mass is 324 g/mol. The lowest BCUT2D eigenvalue weighted by molar-refractivity contribution is -0.429. The molecule has 1 unspecified atom stereocenters. The molecule has 0 N–H and O–H groups in total. The van der Waals surface area contributed by atoms with E-state index in [0.717, 1.165) is 12.8 Å². The van der Waals surface area contributed by atoms with Crippen molar-refractivity contribution in [1.82, 2.24) is 0 Å². The van der Waals surface area contributed by atoms with Crippen molar-refractivity contribution in [2.75, 3.05) is 0 Å². The van der Waals surface area contributed by atoms with E-state index >= 15 is 0 Å². The molecule has 1 aliphatic heterocycles. The first-order valence-electron chi connectivity index (χ1n) is 9.94. The number of hydrogen-bond donors (Lipinski definition) is 0. The van der Waals surface area contributed by atoms with E-state index in [9.17, 15) is 4.79 Å². The summed E-state index contributed by atoms with van der Waals surface area (Å²) in [7, 11) is 0. The van der Waals surface area contributed by atoms with Gasteiger partial charge in [-0.15, -0.1) is 0 Å². The van der Waals surface area contributed by atoms with Crippen molar-refractivity contribution in [3.8, 4) is 0 Å². The predicted molar refractivity (Wildman–Crippen MR) is 93.1 cm³/mol. The minimum atomic E-state index is -0.257. The van der Waals surface area contributed by atoms with Gasteiger partial charge in [-0.25, -0.2) is 9.78 Å². The summed E-state index contributed by atoms with van der Waals surface area (Å²) in [5.41, 5.74) is -0.257. The number of unbranched alkanes of at least 4 members (excludes halogenated alkanes) is 8. The van der Waals surface area contributed by atoms with E-state index in [-0.39, 0.29) is 17.6 Å². The van der Waals surface area contributed by atoms with Crippen LogP contribution < -0.4 is 0 Å². The van der Waals surface area contributed by atoms with E-state index in [1.54, 1.807) is 0 Å². The minimum Gasteiger partial charge on any atom is -0.299 e. The van der Waals surface area contributed by atoms with Gasteiger partial charge in [0.1, 0.15) is 17.5 Å². The van der Waals surface area contributed by atoms with Crippen molar-refractivity contribution < 1.29 is 14.6 Å². The zero-order valence-corrected chi connectivity index (χ0v) is 15.4. The van der Waals surface area contributed by atoms with Gasteiger partial charge in [-0.05, 0) is 19.8 Å². The fraction of sp³-hybridized carbons (Fsp3) is 0.950. The average Bonchev–Trinajstić information content (AvgIpc) is 2.54. The van der Waals surface area contributed by atoms with Crippen LogP contribution in [-0.4, -0.2) is 17.5 Å². The molecular weight excluding hydrogens is 288 g/mol. The van der Waals surface area contributed by atoms with Crippen LogP contribution in [0.3, 0.4) is 0 Å². The molecule has 4 atom stereocenters. The van der Waals surface area contributed by atoms with Gasteiger partial charge in [0.25, 0.3) is 0 Å². The first kappa shape index (κ1) is 18.9. The first-order valence-corrected chi connectivity index (χ1v) is 9.94. The molecule has 2 fully saturated rings. The largest absolute Gasteiger partial charge is 0.299 e. The van der Waals surface area contributed by atoms with Gasteiger partial charge in [0.2, 0.25) is 0 Å². The molecule has 2 aliphatic rings. The molecule has 2 bridgehead atoms. The lowest BCUT2D eigenvalue weighted by Gasteiger charge is -2.47. The maximum Gasteiger partial charge on any atom is 0.138 e. The zero-order chi connectivity index (χ0) is 16.7. The Balaban J connectivity index is 1.61. The Morgan fingerprint density at radius 2 is 1.65 bits per heavy atom. The van der Waals surface area contributed by atoms with Crippen LogP contribution >= 0.6 is 0 Å². The van der Waals surface area contributed by atoms with E-state index < -0.39 is 0 Å². The topological polar surface area (TPSA) is 35.5 Å². The third kappa shape index (κ3) is 5.29. The summed E-state index contributed by atoms with van der Waals surface area (Å²) >= 11 is 0. The maximum absolute atomic E-state index is 12.1. The zero-order valence-electron chi connectivity index (χ0n) is 15.4. The average molecular weight is 325 g/mol. The Bertz CT molecular complexity index is 368. The second-order valence-electron chi connectivity index (χ2n) is 8.00. The van der Waals surface area contributed by atoms with Crippen LogP contribution in [-0.2, 0) is 14.6 Å². The number of carbonyl (C=O) groups is 1. The van der Waals surface area contributed by atoms with Crippen LogP contribution in [0.25, 0.3) is 0 Å². The van der Waals surface area contributed by atoms with Crippen molar-refractivity contribution in [3.05, 3.63) is 0 Å². The molecule has 3 nitrogen and oxygen atoms in total. The number of hydrogen-bond acceptors (Lipinski definition) is 3. The number of rotatable bonds is 10. The van der Waals surface area contributed by atoms with Gasteiger partial charge in [-0.2, -0.15) is 0 Å². The molecule has 3 heteroatoms. The van der Waals surface area contributed by atoms with Crippen molar-refractivity contribution >= 4 is 5.78 Å². The third-order valence-corrected chi connectivity index (χ3v) is 6.03. The highest BCUT2D eigenvalue weighted by Gasteiger charge is 2.49. The summed E-state index contributed by atoms with van der Waals surface area (Å²) in [4.78, 5) is 23.4. The van der Waals surface area contributed by atoms with Crippen LogP contribution in [0.1, 0.15) is 97.8 Å². The van der Waals surface area contributed by atoms with Gasteiger partial charge < -0.3 is 0 Å². The molecule has 1 saturated heterocycles. The summed E-state index contributed by atoms with van der Waals surface area (Å²) in [6.07, 6.45) is 14.7. The second-order valence-corrected chi connectivity index (χ2v) is 8.00. The van der Waals surface area contributed by atoms with Crippen LogP contribution in [0.4, 0.5) is 0 Å². The highest BCUT2D eigenvalue weighted by Crippen LogP contribution is 2.44. The Kier molecular flexibility index (Phi) is 7.55. The molecule has 23 heavy (non-hydrogen) atoms. The van der Waals surface area contributed by atoms with E-state index in [1.807, 2.05) is 6.92 Å². The number of Topliss-reactive ketones (excluding diaryl/α,β-unsaturated/α-hetero) is 1. The van der Waals surface area contributed by atoms with Crippen molar-refractivity contribution in [2.24, 2.45) is 11.8 Å². The number of carbonyl (C=O) groups excluding carboxylic acids is 1. The lowest BCUT2D eigenvalue weighted by atomic mass is 9.70. The van der Waals surface area contributed by atoms with Gasteiger partial charge >= 0.3 is 0 Å². The van der Waals surface area contributed by atoms with Gasteiger partial charge in [-0.1, -0.05) is 71.6 Å². The highest BCUT2D eigenvalue weighted by molar-refractivity contribution is 5.82. The van der Waals surface area contributed by atoms with Crippen molar-refractivity contribution in [2.45, 2.75) is 110 Å². The standard InChI is InChI=1S/C20H36O3/c1-4-5-6-7-8-9-10-11-12-13-20(3)17-14-18(21)16(2)19(15-17)22-23-20/h16-17,19H,4-15H2,1-3H3/t16-,17?,19+,20-/m0/s1.